The maximum Gasteiger partial charge on any atom is 0.337 e. The zero-order valence-corrected chi connectivity index (χ0v) is 13.4. The first kappa shape index (κ1) is 14.2. The van der Waals surface area contributed by atoms with Crippen molar-refractivity contribution in [2.75, 3.05) is 5.32 Å². The highest BCUT2D eigenvalue weighted by molar-refractivity contribution is 14.1. The molecule has 7 heteroatoms. The second-order valence-electron chi connectivity index (χ2n) is 4.28. The molecule has 0 radical (unpaired) electrons. The van der Waals surface area contributed by atoms with E-state index < -0.39 is 11.8 Å². The Hall–Kier alpha value is -1.74. The standard InChI is InChI=1S/C14H8FIN2O2S/c15-10-5-7(16)1-3-11(10)18-13-8(14(19)20)2-4-12-9(13)6-17-21-12/h1-6,18H,(H,19,20). The zero-order valence-electron chi connectivity index (χ0n) is 10.4. The van der Waals surface area contributed by atoms with Crippen molar-refractivity contribution in [3.8, 4) is 0 Å². The van der Waals surface area contributed by atoms with Crippen LogP contribution in [0.3, 0.4) is 0 Å². The Kier molecular flexibility index (Phi) is 3.77. The zero-order chi connectivity index (χ0) is 15.0. The molecule has 0 aliphatic carbocycles. The van der Waals surface area contributed by atoms with Gasteiger partial charge in [0.2, 0.25) is 0 Å². The fraction of sp³-hybridized carbons (Fsp3) is 0. The predicted molar refractivity (Wildman–Crippen MR) is 89.0 cm³/mol. The summed E-state index contributed by atoms with van der Waals surface area (Å²) in [6.45, 7) is 0. The Labute approximate surface area is 136 Å². The maximum atomic E-state index is 14.0. The van der Waals surface area contributed by atoms with Crippen LogP contribution < -0.4 is 5.32 Å². The molecule has 21 heavy (non-hydrogen) atoms. The molecule has 2 N–H and O–H groups in total. The molecule has 0 spiro atoms. The van der Waals surface area contributed by atoms with Crippen molar-refractivity contribution in [1.29, 1.82) is 0 Å². The second-order valence-corrected chi connectivity index (χ2v) is 6.36. The van der Waals surface area contributed by atoms with Crippen LogP contribution in [0.25, 0.3) is 10.1 Å². The highest BCUT2D eigenvalue weighted by Gasteiger charge is 2.16. The van der Waals surface area contributed by atoms with E-state index in [4.69, 9.17) is 0 Å². The van der Waals surface area contributed by atoms with Gasteiger partial charge in [-0.15, -0.1) is 0 Å². The van der Waals surface area contributed by atoms with Crippen molar-refractivity contribution in [2.45, 2.75) is 0 Å². The third-order valence-electron chi connectivity index (χ3n) is 2.96. The number of halogens is 2. The van der Waals surface area contributed by atoms with Gasteiger partial charge < -0.3 is 10.4 Å². The number of nitrogens with one attached hydrogen (secondary N) is 1. The summed E-state index contributed by atoms with van der Waals surface area (Å²) in [6.07, 6.45) is 1.58. The van der Waals surface area contributed by atoms with E-state index in [-0.39, 0.29) is 11.3 Å². The molecule has 0 saturated carbocycles. The number of aromatic nitrogens is 1. The van der Waals surface area contributed by atoms with Crippen molar-refractivity contribution < 1.29 is 14.3 Å². The highest BCUT2D eigenvalue weighted by Crippen LogP contribution is 2.33. The quantitative estimate of drug-likeness (QED) is 0.621. The number of aromatic carboxylic acids is 1. The van der Waals surface area contributed by atoms with E-state index in [1.165, 1.54) is 23.7 Å². The monoisotopic (exact) mass is 414 g/mol. The van der Waals surface area contributed by atoms with Gasteiger partial charge in [0.15, 0.2) is 0 Å². The van der Waals surface area contributed by atoms with Gasteiger partial charge in [0.05, 0.1) is 27.8 Å². The number of benzene rings is 2. The minimum atomic E-state index is -1.07. The number of hydrogen-bond donors (Lipinski definition) is 2. The lowest BCUT2D eigenvalue weighted by Crippen LogP contribution is -2.04. The lowest BCUT2D eigenvalue weighted by atomic mass is 10.1. The van der Waals surface area contributed by atoms with Crippen molar-refractivity contribution in [2.24, 2.45) is 0 Å². The van der Waals surface area contributed by atoms with E-state index in [1.54, 1.807) is 24.4 Å². The molecule has 0 atom stereocenters. The van der Waals surface area contributed by atoms with Gasteiger partial charge in [-0.2, -0.15) is 4.37 Å². The third-order valence-corrected chi connectivity index (χ3v) is 4.39. The molecule has 1 heterocycles. The molecule has 0 aliphatic heterocycles. The van der Waals surface area contributed by atoms with Crippen LogP contribution in [0, 0.1) is 9.39 Å². The fourth-order valence-corrected chi connectivity index (χ4v) is 3.09. The number of hydrogen-bond acceptors (Lipinski definition) is 4. The largest absolute Gasteiger partial charge is 0.478 e. The summed E-state index contributed by atoms with van der Waals surface area (Å²) < 4.78 is 19.6. The van der Waals surface area contributed by atoms with E-state index in [2.05, 4.69) is 9.69 Å². The molecule has 4 nitrogen and oxygen atoms in total. The average molecular weight is 414 g/mol. The van der Waals surface area contributed by atoms with E-state index >= 15 is 0 Å². The van der Waals surface area contributed by atoms with Gasteiger partial charge in [0.25, 0.3) is 0 Å². The van der Waals surface area contributed by atoms with Crippen molar-refractivity contribution >= 4 is 61.6 Å². The minimum Gasteiger partial charge on any atom is -0.478 e. The number of anilines is 2. The van der Waals surface area contributed by atoms with Gasteiger partial charge in [-0.1, -0.05) is 0 Å². The molecule has 0 aliphatic rings. The fourth-order valence-electron chi connectivity index (χ4n) is 1.98. The molecular formula is C14H8FIN2O2S. The normalized spacial score (nSPS) is 10.8. The molecule has 0 unspecified atom stereocenters. The van der Waals surface area contributed by atoms with Crippen molar-refractivity contribution in [3.05, 3.63) is 51.5 Å². The molecule has 0 amide bonds. The SMILES string of the molecule is O=C(O)c1ccc2sncc2c1Nc1ccc(I)cc1F. The summed E-state index contributed by atoms with van der Waals surface area (Å²) in [7, 11) is 0. The molecule has 0 fully saturated rings. The van der Waals surface area contributed by atoms with Gasteiger partial charge in [0, 0.05) is 8.96 Å². The van der Waals surface area contributed by atoms with Gasteiger partial charge in [-0.3, -0.25) is 0 Å². The van der Waals surface area contributed by atoms with Crippen LogP contribution in [0.5, 0.6) is 0 Å². The van der Waals surface area contributed by atoms with Gasteiger partial charge in [-0.05, 0) is 64.5 Å². The lowest BCUT2D eigenvalue weighted by Gasteiger charge is -2.12. The van der Waals surface area contributed by atoms with Crippen LogP contribution in [-0.2, 0) is 0 Å². The Morgan fingerprint density at radius 1 is 1.33 bits per heavy atom. The summed E-state index contributed by atoms with van der Waals surface area (Å²) >= 11 is 3.27. The van der Waals surface area contributed by atoms with E-state index in [9.17, 15) is 14.3 Å². The van der Waals surface area contributed by atoms with Crippen LogP contribution in [0.15, 0.2) is 36.5 Å². The minimum absolute atomic E-state index is 0.0839. The molecule has 2 aromatic carbocycles. The summed E-state index contributed by atoms with van der Waals surface area (Å²) in [5.74, 6) is -1.50. The summed E-state index contributed by atoms with van der Waals surface area (Å²) in [5, 5.41) is 12.9. The Morgan fingerprint density at radius 2 is 2.14 bits per heavy atom. The third kappa shape index (κ3) is 2.70. The number of carboxylic acids is 1. The second kappa shape index (κ2) is 5.57. The Morgan fingerprint density at radius 3 is 2.86 bits per heavy atom. The smallest absolute Gasteiger partial charge is 0.337 e. The van der Waals surface area contributed by atoms with Crippen LogP contribution in [0.2, 0.25) is 0 Å². The first-order valence-electron chi connectivity index (χ1n) is 5.89. The van der Waals surface area contributed by atoms with E-state index in [0.717, 1.165) is 8.27 Å². The highest BCUT2D eigenvalue weighted by atomic mass is 127. The van der Waals surface area contributed by atoms with Crippen molar-refractivity contribution in [3.63, 3.8) is 0 Å². The molecular weight excluding hydrogens is 406 g/mol. The van der Waals surface area contributed by atoms with Crippen LogP contribution in [0.1, 0.15) is 10.4 Å². The number of carbonyl (C=O) groups is 1. The van der Waals surface area contributed by atoms with Gasteiger partial charge in [0.1, 0.15) is 5.82 Å². The number of nitrogens with zero attached hydrogens (tertiary/aromatic N) is 1. The van der Waals surface area contributed by atoms with Crippen molar-refractivity contribution in [1.82, 2.24) is 4.37 Å². The maximum absolute atomic E-state index is 14.0. The molecule has 3 rings (SSSR count). The number of carboxylic acid groups (broad SMARTS) is 1. The number of rotatable bonds is 3. The van der Waals surface area contributed by atoms with Gasteiger partial charge >= 0.3 is 5.97 Å². The lowest BCUT2D eigenvalue weighted by molar-refractivity contribution is 0.0698. The first-order chi connectivity index (χ1) is 10.1. The summed E-state index contributed by atoms with van der Waals surface area (Å²) in [6, 6.07) is 7.91. The first-order valence-corrected chi connectivity index (χ1v) is 7.74. The molecule has 1 aromatic heterocycles. The predicted octanol–water partition coefficient (Wildman–Crippen LogP) is 4.48. The molecule has 3 aromatic rings. The van der Waals surface area contributed by atoms with E-state index in [1.807, 2.05) is 22.6 Å². The molecule has 0 saturated heterocycles. The van der Waals surface area contributed by atoms with Crippen LogP contribution in [-0.4, -0.2) is 15.4 Å². The average Bonchev–Trinajstić information content (AvgIpc) is 2.90. The Bertz CT molecular complexity index is 850. The van der Waals surface area contributed by atoms with E-state index in [0.29, 0.717) is 11.1 Å². The number of fused-ring (bicyclic) bond motifs is 1. The molecule has 0 bridgehead atoms. The van der Waals surface area contributed by atoms with Gasteiger partial charge in [-0.25, -0.2) is 9.18 Å². The summed E-state index contributed by atoms with van der Waals surface area (Å²) in [4.78, 5) is 11.4. The Balaban J connectivity index is 2.16. The topological polar surface area (TPSA) is 62.2 Å². The van der Waals surface area contributed by atoms with Crippen LogP contribution >= 0.6 is 34.1 Å². The summed E-state index contributed by atoms with van der Waals surface area (Å²) in [5.41, 5.74) is 0.672. The van der Waals surface area contributed by atoms with Crippen LogP contribution in [0.4, 0.5) is 15.8 Å². The molecule has 106 valence electrons.